The Balaban J connectivity index is 1.59. The number of imidazole rings is 1. The minimum Gasteiger partial charge on any atom is -0.356 e. The van der Waals surface area contributed by atoms with Crippen LogP contribution in [0.15, 0.2) is 48.7 Å². The number of Topliss-reactive ketones (excluding diaryl/α,β-unsaturated/α-hetero) is 1. The predicted octanol–water partition coefficient (Wildman–Crippen LogP) is 5.58. The molecule has 0 aliphatic carbocycles. The summed E-state index contributed by atoms with van der Waals surface area (Å²) in [7, 11) is 0. The van der Waals surface area contributed by atoms with E-state index in [2.05, 4.69) is 15.4 Å². The van der Waals surface area contributed by atoms with E-state index in [9.17, 15) is 4.79 Å². The number of hydrogen-bond acceptors (Lipinski definition) is 5. The number of nitrogens with one attached hydrogen (secondary N) is 1. The van der Waals surface area contributed by atoms with Crippen LogP contribution in [0.3, 0.4) is 0 Å². The molecule has 2 heterocycles. The van der Waals surface area contributed by atoms with Crippen molar-refractivity contribution >= 4 is 50.4 Å². The molecule has 0 unspecified atom stereocenters. The second kappa shape index (κ2) is 7.31. The molecule has 0 atom stereocenters. The molecular formula is C19H14Cl2N4OS. The summed E-state index contributed by atoms with van der Waals surface area (Å²) >= 11 is 13.5. The molecule has 5 nitrogen and oxygen atoms in total. The molecule has 0 amide bonds. The van der Waals surface area contributed by atoms with Crippen molar-refractivity contribution in [3.63, 3.8) is 0 Å². The van der Waals surface area contributed by atoms with Crippen molar-refractivity contribution in [3.8, 4) is 11.3 Å². The van der Waals surface area contributed by atoms with Gasteiger partial charge in [-0.2, -0.15) is 0 Å². The van der Waals surface area contributed by atoms with Crippen LogP contribution < -0.4 is 5.32 Å². The van der Waals surface area contributed by atoms with E-state index in [4.69, 9.17) is 23.2 Å². The first kappa shape index (κ1) is 18.0. The largest absolute Gasteiger partial charge is 0.356 e. The molecule has 0 aliphatic heterocycles. The summed E-state index contributed by atoms with van der Waals surface area (Å²) in [5.41, 5.74) is 3.41. The molecule has 0 bridgehead atoms. The van der Waals surface area contributed by atoms with Crippen LogP contribution in [0.5, 0.6) is 0 Å². The van der Waals surface area contributed by atoms with Gasteiger partial charge in [0.05, 0.1) is 21.9 Å². The van der Waals surface area contributed by atoms with E-state index in [1.807, 2.05) is 30.3 Å². The molecule has 0 fully saturated rings. The molecule has 0 spiro atoms. The molecule has 0 radical (unpaired) electrons. The van der Waals surface area contributed by atoms with Gasteiger partial charge in [0.15, 0.2) is 5.78 Å². The molecule has 136 valence electrons. The van der Waals surface area contributed by atoms with Gasteiger partial charge in [-0.05, 0) is 30.7 Å². The molecule has 4 aromatic rings. The molecule has 1 N–H and O–H groups in total. The number of anilines is 1. The Morgan fingerprint density at radius 3 is 2.81 bits per heavy atom. The van der Waals surface area contributed by atoms with E-state index in [-0.39, 0.29) is 5.78 Å². The average Bonchev–Trinajstić information content (AvgIpc) is 3.23. The van der Waals surface area contributed by atoms with Gasteiger partial charge in [0.2, 0.25) is 10.1 Å². The van der Waals surface area contributed by atoms with Gasteiger partial charge in [0.25, 0.3) is 0 Å². The third kappa shape index (κ3) is 3.69. The van der Waals surface area contributed by atoms with Crippen molar-refractivity contribution < 1.29 is 4.79 Å². The zero-order chi connectivity index (χ0) is 19.0. The number of nitrogens with zero attached hydrogens (tertiary/aromatic N) is 3. The molecular weight excluding hydrogens is 403 g/mol. The van der Waals surface area contributed by atoms with Crippen LogP contribution in [0.25, 0.3) is 16.2 Å². The van der Waals surface area contributed by atoms with E-state index in [0.717, 1.165) is 26.9 Å². The van der Waals surface area contributed by atoms with E-state index < -0.39 is 0 Å². The Hall–Kier alpha value is -2.41. The second-order valence-corrected chi connectivity index (χ2v) is 7.75. The standard InChI is InChI=1S/C19H14Cl2N4OS/c1-11(26)13-3-2-4-14(8-13)17-10-23-19-25(17)24-18(27-19)22-9-12-5-6-15(20)16(21)7-12/h2-8,10H,9H2,1H3,(H,22,24). The fraction of sp³-hybridized carbons (Fsp3) is 0.105. The molecule has 0 saturated heterocycles. The first-order valence-electron chi connectivity index (χ1n) is 8.15. The van der Waals surface area contributed by atoms with Crippen LogP contribution in [0.2, 0.25) is 10.0 Å². The first-order valence-corrected chi connectivity index (χ1v) is 9.72. The Morgan fingerprint density at radius 1 is 1.19 bits per heavy atom. The second-order valence-electron chi connectivity index (χ2n) is 5.98. The van der Waals surface area contributed by atoms with Crippen molar-refractivity contribution in [2.24, 2.45) is 0 Å². The summed E-state index contributed by atoms with van der Waals surface area (Å²) in [6.45, 7) is 2.13. The first-order chi connectivity index (χ1) is 13.0. The number of ketones is 1. The lowest BCUT2D eigenvalue weighted by molar-refractivity contribution is 0.101. The molecule has 27 heavy (non-hydrogen) atoms. The normalized spacial score (nSPS) is 11.1. The molecule has 2 aromatic carbocycles. The zero-order valence-corrected chi connectivity index (χ0v) is 16.6. The van der Waals surface area contributed by atoms with Crippen LogP contribution in [0.1, 0.15) is 22.8 Å². The SMILES string of the molecule is CC(=O)c1cccc(-c2cnc3sc(NCc4ccc(Cl)c(Cl)c4)nn23)c1. The van der Waals surface area contributed by atoms with Crippen LogP contribution in [-0.4, -0.2) is 20.4 Å². The predicted molar refractivity (Wildman–Crippen MR) is 110 cm³/mol. The number of carbonyl (C=O) groups excluding carboxylic acids is 1. The van der Waals surface area contributed by atoms with Gasteiger partial charge in [-0.3, -0.25) is 4.79 Å². The van der Waals surface area contributed by atoms with Gasteiger partial charge in [-0.25, -0.2) is 9.50 Å². The maximum atomic E-state index is 11.6. The summed E-state index contributed by atoms with van der Waals surface area (Å²) in [4.78, 5) is 16.8. The maximum Gasteiger partial charge on any atom is 0.214 e. The van der Waals surface area contributed by atoms with Crippen molar-refractivity contribution in [1.29, 1.82) is 0 Å². The summed E-state index contributed by atoms with van der Waals surface area (Å²) < 4.78 is 1.78. The highest BCUT2D eigenvalue weighted by molar-refractivity contribution is 7.20. The van der Waals surface area contributed by atoms with Crippen LogP contribution in [0, 0.1) is 0 Å². The number of benzene rings is 2. The molecule has 0 aliphatic rings. The highest BCUT2D eigenvalue weighted by atomic mass is 35.5. The lowest BCUT2D eigenvalue weighted by atomic mass is 10.1. The van der Waals surface area contributed by atoms with Crippen LogP contribution in [0.4, 0.5) is 5.13 Å². The van der Waals surface area contributed by atoms with E-state index >= 15 is 0 Å². The molecule has 2 aromatic heterocycles. The summed E-state index contributed by atoms with van der Waals surface area (Å²) in [5, 5.41) is 9.68. The Morgan fingerprint density at radius 2 is 2.04 bits per heavy atom. The van der Waals surface area contributed by atoms with Gasteiger partial charge >= 0.3 is 0 Å². The third-order valence-corrected chi connectivity index (χ3v) is 5.70. The Labute approximate surface area is 169 Å². The van der Waals surface area contributed by atoms with Gasteiger partial charge in [-0.1, -0.05) is 58.8 Å². The monoisotopic (exact) mass is 416 g/mol. The topological polar surface area (TPSA) is 59.3 Å². The fourth-order valence-corrected chi connectivity index (χ4v) is 3.78. The number of halogens is 2. The van der Waals surface area contributed by atoms with Crippen molar-refractivity contribution in [2.75, 3.05) is 5.32 Å². The number of aromatic nitrogens is 3. The van der Waals surface area contributed by atoms with Crippen molar-refractivity contribution in [1.82, 2.24) is 14.6 Å². The van der Waals surface area contributed by atoms with E-state index in [1.54, 1.807) is 29.8 Å². The van der Waals surface area contributed by atoms with Crippen molar-refractivity contribution in [2.45, 2.75) is 13.5 Å². The highest BCUT2D eigenvalue weighted by Crippen LogP contribution is 2.27. The van der Waals surface area contributed by atoms with Gasteiger partial charge < -0.3 is 5.32 Å². The van der Waals surface area contributed by atoms with Gasteiger partial charge in [-0.15, -0.1) is 5.10 Å². The minimum atomic E-state index is 0.0277. The zero-order valence-electron chi connectivity index (χ0n) is 14.2. The van der Waals surface area contributed by atoms with Crippen LogP contribution >= 0.6 is 34.5 Å². The highest BCUT2D eigenvalue weighted by Gasteiger charge is 2.13. The number of fused-ring (bicyclic) bond motifs is 1. The minimum absolute atomic E-state index is 0.0277. The maximum absolute atomic E-state index is 11.6. The third-order valence-electron chi connectivity index (χ3n) is 4.08. The van der Waals surface area contributed by atoms with Gasteiger partial charge in [0.1, 0.15) is 0 Å². The Kier molecular flexibility index (Phi) is 4.86. The van der Waals surface area contributed by atoms with Gasteiger partial charge in [0, 0.05) is 17.7 Å². The summed E-state index contributed by atoms with van der Waals surface area (Å²) in [5.74, 6) is 0.0277. The van der Waals surface area contributed by atoms with E-state index in [1.165, 1.54) is 11.3 Å². The Bertz CT molecular complexity index is 1150. The fourth-order valence-electron chi connectivity index (χ4n) is 2.69. The lowest BCUT2D eigenvalue weighted by Crippen LogP contribution is -2.00. The summed E-state index contributed by atoms with van der Waals surface area (Å²) in [6, 6.07) is 13.0. The van der Waals surface area contributed by atoms with Crippen LogP contribution in [-0.2, 0) is 6.54 Å². The number of rotatable bonds is 5. The van der Waals surface area contributed by atoms with E-state index in [0.29, 0.717) is 22.2 Å². The van der Waals surface area contributed by atoms with Crippen molar-refractivity contribution in [3.05, 3.63) is 69.8 Å². The molecule has 8 heteroatoms. The lowest BCUT2D eigenvalue weighted by Gasteiger charge is -2.04. The summed E-state index contributed by atoms with van der Waals surface area (Å²) in [6.07, 6.45) is 1.76. The molecule has 0 saturated carbocycles. The number of hydrogen-bond donors (Lipinski definition) is 1. The smallest absolute Gasteiger partial charge is 0.214 e. The average molecular weight is 417 g/mol. The number of carbonyl (C=O) groups is 1. The quantitative estimate of drug-likeness (QED) is 0.431. The molecule has 4 rings (SSSR count).